The Kier molecular flexibility index (Phi) is 7.04. The van der Waals surface area contributed by atoms with Crippen LogP contribution in [-0.2, 0) is 6.54 Å². The monoisotopic (exact) mass is 400 g/mol. The number of aromatic nitrogens is 1. The van der Waals surface area contributed by atoms with Crippen LogP contribution in [0, 0.1) is 11.8 Å². The second-order valence-electron chi connectivity index (χ2n) is 6.70. The molecular formula is C19H24ClF3N4. The summed E-state index contributed by atoms with van der Waals surface area (Å²) in [5.74, 6) is 5.44. The number of rotatable bonds is 3. The number of nitrogens with two attached hydrogens (primary N) is 1. The predicted molar refractivity (Wildman–Crippen MR) is 105 cm³/mol. The molecule has 1 fully saturated rings. The third kappa shape index (κ3) is 5.32. The third-order valence-corrected chi connectivity index (χ3v) is 4.68. The number of nitrogens with one attached hydrogen (secondary N) is 1. The summed E-state index contributed by atoms with van der Waals surface area (Å²) in [6, 6.07) is 7.45. The lowest BCUT2D eigenvalue weighted by molar-refractivity contribution is -0.140. The van der Waals surface area contributed by atoms with Gasteiger partial charge in [0.15, 0.2) is 0 Å². The van der Waals surface area contributed by atoms with Crippen LogP contribution in [-0.4, -0.2) is 48.4 Å². The average Bonchev–Trinajstić information content (AvgIpc) is 2.92. The number of nitrogens with zero attached hydrogens (tertiary/aromatic N) is 2. The summed E-state index contributed by atoms with van der Waals surface area (Å²) in [7, 11) is 2.09. The van der Waals surface area contributed by atoms with Gasteiger partial charge in [-0.05, 0) is 57.1 Å². The zero-order valence-electron chi connectivity index (χ0n) is 15.1. The van der Waals surface area contributed by atoms with Crippen molar-refractivity contribution in [2.24, 2.45) is 5.73 Å². The van der Waals surface area contributed by atoms with E-state index < -0.39 is 12.7 Å². The number of anilines is 1. The molecule has 0 amide bonds. The van der Waals surface area contributed by atoms with Crippen LogP contribution in [0.3, 0.4) is 0 Å². The van der Waals surface area contributed by atoms with E-state index in [1.165, 1.54) is 4.57 Å². The summed E-state index contributed by atoms with van der Waals surface area (Å²) in [6.07, 6.45) is -2.30. The molecule has 0 spiro atoms. The van der Waals surface area contributed by atoms with Crippen molar-refractivity contribution >= 4 is 29.0 Å². The number of likely N-dealkylation sites (tertiary alicyclic amines) is 1. The molecule has 0 radical (unpaired) electrons. The molecule has 3 N–H and O–H groups in total. The number of piperidine rings is 1. The second-order valence-corrected chi connectivity index (χ2v) is 6.70. The second kappa shape index (κ2) is 8.87. The molecule has 0 atom stereocenters. The summed E-state index contributed by atoms with van der Waals surface area (Å²) >= 11 is 0. The Bertz CT molecular complexity index is 827. The minimum atomic E-state index is -4.32. The molecule has 0 saturated carbocycles. The number of benzene rings is 1. The van der Waals surface area contributed by atoms with Gasteiger partial charge in [-0.2, -0.15) is 13.2 Å². The molecule has 1 aromatic carbocycles. The molecular weight excluding hydrogens is 377 g/mol. The van der Waals surface area contributed by atoms with Gasteiger partial charge in [0.05, 0.1) is 17.8 Å². The lowest BCUT2D eigenvalue weighted by Gasteiger charge is -2.30. The molecule has 1 saturated heterocycles. The van der Waals surface area contributed by atoms with Crippen molar-refractivity contribution in [3.05, 3.63) is 30.0 Å². The summed E-state index contributed by atoms with van der Waals surface area (Å²) in [4.78, 5) is 2.28. The average molecular weight is 401 g/mol. The molecule has 1 aliphatic heterocycles. The Balaban J connectivity index is 0.00000261. The van der Waals surface area contributed by atoms with Crippen molar-refractivity contribution < 1.29 is 13.2 Å². The Morgan fingerprint density at radius 2 is 1.96 bits per heavy atom. The molecule has 2 heterocycles. The molecule has 2 aromatic rings. The normalized spacial score (nSPS) is 15.9. The number of hydrogen-bond acceptors (Lipinski definition) is 3. The lowest BCUT2D eigenvalue weighted by Crippen LogP contribution is -2.36. The summed E-state index contributed by atoms with van der Waals surface area (Å²) in [6.45, 7) is 1.06. The van der Waals surface area contributed by atoms with Crippen molar-refractivity contribution in [2.45, 2.75) is 31.6 Å². The smallest absolute Gasteiger partial charge is 0.382 e. The van der Waals surface area contributed by atoms with E-state index >= 15 is 0 Å². The van der Waals surface area contributed by atoms with E-state index in [1.54, 1.807) is 18.2 Å². The highest BCUT2D eigenvalue weighted by molar-refractivity contribution is 5.94. The maximum atomic E-state index is 13.0. The van der Waals surface area contributed by atoms with Crippen molar-refractivity contribution in [1.29, 1.82) is 0 Å². The van der Waals surface area contributed by atoms with Gasteiger partial charge in [-0.3, -0.25) is 0 Å². The zero-order chi connectivity index (χ0) is 18.7. The van der Waals surface area contributed by atoms with Crippen molar-refractivity contribution in [2.75, 3.05) is 32.0 Å². The summed E-state index contributed by atoms with van der Waals surface area (Å²) < 4.78 is 40.4. The zero-order valence-corrected chi connectivity index (χ0v) is 16.0. The van der Waals surface area contributed by atoms with Gasteiger partial charge in [-0.1, -0.05) is 12.0 Å². The van der Waals surface area contributed by atoms with E-state index in [9.17, 15) is 13.2 Å². The highest BCUT2D eigenvalue weighted by Crippen LogP contribution is 2.31. The first kappa shape index (κ1) is 21.4. The first-order chi connectivity index (χ1) is 12.4. The fourth-order valence-electron chi connectivity index (χ4n) is 3.38. The van der Waals surface area contributed by atoms with E-state index in [-0.39, 0.29) is 19.0 Å². The number of fused-ring (bicyclic) bond motifs is 1. The van der Waals surface area contributed by atoms with Crippen LogP contribution in [0.25, 0.3) is 10.9 Å². The van der Waals surface area contributed by atoms with Gasteiger partial charge in [-0.25, -0.2) is 0 Å². The predicted octanol–water partition coefficient (Wildman–Crippen LogP) is 3.44. The quantitative estimate of drug-likeness (QED) is 0.776. The molecule has 1 aromatic heterocycles. The minimum Gasteiger partial charge on any atom is -0.382 e. The van der Waals surface area contributed by atoms with Crippen molar-refractivity contribution in [1.82, 2.24) is 9.47 Å². The third-order valence-electron chi connectivity index (χ3n) is 4.68. The van der Waals surface area contributed by atoms with Crippen LogP contribution in [0.15, 0.2) is 24.3 Å². The summed E-state index contributed by atoms with van der Waals surface area (Å²) in [5, 5.41) is 4.27. The van der Waals surface area contributed by atoms with Crippen LogP contribution < -0.4 is 11.1 Å². The van der Waals surface area contributed by atoms with Gasteiger partial charge in [-0.15, -0.1) is 12.4 Å². The Morgan fingerprint density at radius 1 is 1.26 bits per heavy atom. The van der Waals surface area contributed by atoms with Gasteiger partial charge in [0.2, 0.25) is 0 Å². The van der Waals surface area contributed by atoms with E-state index in [1.807, 2.05) is 6.07 Å². The highest BCUT2D eigenvalue weighted by Gasteiger charge is 2.30. The topological polar surface area (TPSA) is 46.2 Å². The SMILES string of the molecule is CN1CCC(Nc2cccc3c2cc(C#CCN)n3CC(F)(F)F)CC1.Cl. The van der Waals surface area contributed by atoms with Crippen molar-refractivity contribution in [3.63, 3.8) is 0 Å². The minimum absolute atomic E-state index is 0. The molecule has 0 bridgehead atoms. The number of alkyl halides is 3. The molecule has 27 heavy (non-hydrogen) atoms. The van der Waals surface area contributed by atoms with Gasteiger partial charge in [0.1, 0.15) is 6.54 Å². The van der Waals surface area contributed by atoms with Gasteiger partial charge < -0.3 is 20.5 Å². The molecule has 1 aliphatic rings. The largest absolute Gasteiger partial charge is 0.406 e. The molecule has 3 rings (SSSR count). The maximum absolute atomic E-state index is 13.0. The fourth-order valence-corrected chi connectivity index (χ4v) is 3.38. The molecule has 0 unspecified atom stereocenters. The van der Waals surface area contributed by atoms with E-state index in [2.05, 4.69) is 29.1 Å². The summed E-state index contributed by atoms with van der Waals surface area (Å²) in [5.41, 5.74) is 7.11. The number of halogens is 4. The van der Waals surface area contributed by atoms with E-state index in [0.717, 1.165) is 37.0 Å². The van der Waals surface area contributed by atoms with Gasteiger partial charge in [0, 0.05) is 17.1 Å². The lowest BCUT2D eigenvalue weighted by atomic mass is 10.0. The Hall–Kier alpha value is -1.88. The van der Waals surface area contributed by atoms with Crippen LogP contribution in [0.5, 0.6) is 0 Å². The molecule has 0 aliphatic carbocycles. The molecule has 148 valence electrons. The van der Waals surface area contributed by atoms with Gasteiger partial charge in [0.25, 0.3) is 0 Å². The van der Waals surface area contributed by atoms with Crippen LogP contribution in [0.1, 0.15) is 18.5 Å². The standard InChI is InChI=1S/C19H23F3N4.ClH/c1-25-10-7-14(8-11-25)24-17-5-2-6-18-16(17)12-15(4-3-9-23)26(18)13-19(20,21)22;/h2,5-6,12,14,24H,7-11,13,23H2,1H3;1H. The van der Waals surface area contributed by atoms with E-state index in [0.29, 0.717) is 17.3 Å². The van der Waals surface area contributed by atoms with Crippen molar-refractivity contribution in [3.8, 4) is 11.8 Å². The first-order valence-electron chi connectivity index (χ1n) is 8.70. The van der Waals surface area contributed by atoms with Crippen LogP contribution in [0.4, 0.5) is 18.9 Å². The Morgan fingerprint density at radius 3 is 2.59 bits per heavy atom. The number of hydrogen-bond donors (Lipinski definition) is 2. The maximum Gasteiger partial charge on any atom is 0.406 e. The highest BCUT2D eigenvalue weighted by atomic mass is 35.5. The van der Waals surface area contributed by atoms with Crippen LogP contribution in [0.2, 0.25) is 0 Å². The molecule has 4 nitrogen and oxygen atoms in total. The van der Waals surface area contributed by atoms with E-state index in [4.69, 9.17) is 5.73 Å². The Labute approximate surface area is 163 Å². The first-order valence-corrected chi connectivity index (χ1v) is 8.70. The van der Waals surface area contributed by atoms with Gasteiger partial charge >= 0.3 is 6.18 Å². The molecule has 8 heteroatoms. The van der Waals surface area contributed by atoms with Crippen LogP contribution >= 0.6 is 12.4 Å². The fraction of sp³-hybridized carbons (Fsp3) is 0.474.